The quantitative estimate of drug-likeness (QED) is 0.448. The molecule has 1 aliphatic rings. The van der Waals surface area contributed by atoms with Crippen molar-refractivity contribution in [2.75, 3.05) is 0 Å². The van der Waals surface area contributed by atoms with Gasteiger partial charge in [-0.3, -0.25) is 0 Å². The average molecular weight is 261 g/mol. The van der Waals surface area contributed by atoms with E-state index in [-0.39, 0.29) is 0 Å². The van der Waals surface area contributed by atoms with Crippen molar-refractivity contribution in [2.24, 2.45) is 0 Å². The number of isothiocyanates is 3. The molecule has 0 heterocycles. The van der Waals surface area contributed by atoms with Crippen LogP contribution in [0.2, 0.25) is 0 Å². The van der Waals surface area contributed by atoms with Crippen molar-refractivity contribution in [3.8, 4) is 0 Å². The van der Waals surface area contributed by atoms with Gasteiger partial charge < -0.3 is 0 Å². The molecule has 0 aromatic heterocycles. The van der Waals surface area contributed by atoms with E-state index in [0.29, 0.717) is 0 Å². The highest BCUT2D eigenvalue weighted by Gasteiger charge is 1.95. The summed E-state index contributed by atoms with van der Waals surface area (Å²) in [6, 6.07) is 0. The number of hydrogen-bond donors (Lipinski definition) is 3. The Morgan fingerprint density at radius 3 is 0.667 bits per heavy atom. The highest BCUT2D eigenvalue weighted by atomic mass is 32.1. The lowest BCUT2D eigenvalue weighted by atomic mass is 10.0. The molecule has 6 heteroatoms. The zero-order valence-corrected chi connectivity index (χ0v) is 10.9. The highest BCUT2D eigenvalue weighted by molar-refractivity contribution is 7.78. The summed E-state index contributed by atoms with van der Waals surface area (Å²) in [7, 11) is 0. The Hall–Kier alpha value is -0.600. The van der Waals surface area contributed by atoms with E-state index in [2.05, 4.69) is 36.7 Å². The van der Waals surface area contributed by atoms with Crippen LogP contribution in [0.5, 0.6) is 0 Å². The fourth-order valence-corrected chi connectivity index (χ4v) is 1.06. The third kappa shape index (κ3) is 59.7. The molecule has 0 bridgehead atoms. The summed E-state index contributed by atoms with van der Waals surface area (Å²) in [4.78, 5) is 0. The smallest absolute Gasteiger partial charge is 0.0554 e. The van der Waals surface area contributed by atoms with Crippen molar-refractivity contribution in [1.82, 2.24) is 0 Å². The summed E-state index contributed by atoms with van der Waals surface area (Å²) in [5.41, 5.74) is 0. The van der Waals surface area contributed by atoms with E-state index in [1.165, 1.54) is 38.5 Å². The van der Waals surface area contributed by atoms with Crippen LogP contribution in [0.15, 0.2) is 0 Å². The van der Waals surface area contributed by atoms with Crippen molar-refractivity contribution in [3.05, 3.63) is 0 Å². The first-order valence-electron chi connectivity index (χ1n) is 4.36. The summed E-state index contributed by atoms with van der Waals surface area (Å²) in [6.45, 7) is 0. The second kappa shape index (κ2) is 29.2. The number of thiocarbonyl (C=S) groups is 3. The number of hydrogen-bond acceptors (Lipinski definition) is 6. The molecule has 1 rings (SSSR count). The Morgan fingerprint density at radius 2 is 0.600 bits per heavy atom. The molecular weight excluding hydrogens is 246 g/mol. The van der Waals surface area contributed by atoms with Gasteiger partial charge >= 0.3 is 0 Å². The van der Waals surface area contributed by atoms with Gasteiger partial charge in [-0.2, -0.15) is 0 Å². The van der Waals surface area contributed by atoms with Gasteiger partial charge in [-0.05, 0) is 36.7 Å². The van der Waals surface area contributed by atoms with E-state index in [0.717, 1.165) is 0 Å². The minimum Gasteiger partial charge on any atom is -0.248 e. The fraction of sp³-hybridized carbons (Fsp3) is 0.667. The van der Waals surface area contributed by atoms with Crippen LogP contribution in [0.1, 0.15) is 38.5 Å². The first-order chi connectivity index (χ1) is 7.24. The Kier molecular flexibility index (Phi) is 38.7. The minimum absolute atomic E-state index is 1.50. The van der Waals surface area contributed by atoms with Crippen LogP contribution in [0.4, 0.5) is 0 Å². The Balaban J connectivity index is -0.000000140. The number of nitrogens with one attached hydrogen (secondary N) is 3. The van der Waals surface area contributed by atoms with Crippen LogP contribution in [-0.2, 0) is 0 Å². The maximum Gasteiger partial charge on any atom is 0.0554 e. The van der Waals surface area contributed by atoms with E-state index in [4.69, 9.17) is 16.2 Å². The van der Waals surface area contributed by atoms with Crippen LogP contribution in [0, 0.1) is 16.2 Å². The molecule has 0 aromatic rings. The molecular formula is C9H15N3S3. The molecule has 15 heavy (non-hydrogen) atoms. The molecule has 1 saturated carbocycles. The van der Waals surface area contributed by atoms with Gasteiger partial charge in [0.2, 0.25) is 0 Å². The van der Waals surface area contributed by atoms with Gasteiger partial charge in [-0.15, -0.1) is 0 Å². The molecule has 0 aliphatic heterocycles. The maximum atomic E-state index is 5.77. The summed E-state index contributed by atoms with van der Waals surface area (Å²) < 4.78 is 0. The average Bonchev–Trinajstić information content (AvgIpc) is 2.24. The van der Waals surface area contributed by atoms with Crippen LogP contribution in [-0.4, -0.2) is 15.5 Å². The van der Waals surface area contributed by atoms with Crippen molar-refractivity contribution in [1.29, 1.82) is 16.2 Å². The molecule has 1 fully saturated rings. The predicted octanol–water partition coefficient (Wildman–Crippen LogP) is 4.34. The van der Waals surface area contributed by atoms with Gasteiger partial charge in [-0.1, -0.05) is 38.5 Å². The first-order valence-corrected chi connectivity index (χ1v) is 5.59. The van der Waals surface area contributed by atoms with Crippen LogP contribution in [0.25, 0.3) is 0 Å². The van der Waals surface area contributed by atoms with Gasteiger partial charge in [0, 0.05) is 0 Å². The fourth-order valence-electron chi connectivity index (χ4n) is 1.06. The normalized spacial score (nSPS) is 11.2. The lowest BCUT2D eigenvalue weighted by Gasteiger charge is -2.05. The van der Waals surface area contributed by atoms with E-state index >= 15 is 0 Å². The van der Waals surface area contributed by atoms with E-state index in [9.17, 15) is 0 Å². The summed E-state index contributed by atoms with van der Waals surface area (Å²) in [5, 5.41) is 22.1. The monoisotopic (exact) mass is 261 g/mol. The summed E-state index contributed by atoms with van der Waals surface area (Å²) >= 11 is 11.4. The molecule has 0 amide bonds. The van der Waals surface area contributed by atoms with Crippen LogP contribution >= 0.6 is 36.7 Å². The Labute approximate surface area is 107 Å². The van der Waals surface area contributed by atoms with Gasteiger partial charge in [0.25, 0.3) is 0 Å². The van der Waals surface area contributed by atoms with E-state index in [1.54, 1.807) is 15.5 Å². The SMILES string of the molecule is C1CCCCC1.N=C=S.N=C=S.N=C=S. The van der Waals surface area contributed by atoms with Crippen molar-refractivity contribution >= 4 is 52.1 Å². The van der Waals surface area contributed by atoms with Crippen LogP contribution < -0.4 is 0 Å². The zero-order valence-electron chi connectivity index (χ0n) is 8.47. The second-order valence-corrected chi connectivity index (χ2v) is 3.04. The molecule has 0 unspecified atom stereocenters. The van der Waals surface area contributed by atoms with Crippen LogP contribution in [0.3, 0.4) is 0 Å². The second-order valence-electron chi connectivity index (χ2n) is 2.43. The largest absolute Gasteiger partial charge is 0.248 e. The molecule has 3 nitrogen and oxygen atoms in total. The topological polar surface area (TPSA) is 71.6 Å². The molecule has 3 N–H and O–H groups in total. The van der Waals surface area contributed by atoms with E-state index in [1.807, 2.05) is 0 Å². The standard InChI is InChI=1S/C6H12.3CHNS/c1-2-4-6-5-3-1;3*2-1-3/h1-6H2;3*2H. The highest BCUT2D eigenvalue weighted by Crippen LogP contribution is 2.15. The van der Waals surface area contributed by atoms with Gasteiger partial charge in [0.05, 0.1) is 15.5 Å². The van der Waals surface area contributed by atoms with Gasteiger partial charge in [0.1, 0.15) is 0 Å². The van der Waals surface area contributed by atoms with Gasteiger partial charge in [0.15, 0.2) is 0 Å². The third-order valence-corrected chi connectivity index (χ3v) is 1.50. The first kappa shape index (κ1) is 19.9. The lowest BCUT2D eigenvalue weighted by Crippen LogP contribution is -1.85. The Bertz CT molecular complexity index is 167. The van der Waals surface area contributed by atoms with E-state index < -0.39 is 0 Å². The lowest BCUT2D eigenvalue weighted by molar-refractivity contribution is 0.504. The molecule has 1 aliphatic carbocycles. The third-order valence-electron chi connectivity index (χ3n) is 1.50. The molecule has 0 radical (unpaired) electrons. The predicted molar refractivity (Wildman–Crippen MR) is 73.7 cm³/mol. The maximum absolute atomic E-state index is 5.77. The zero-order chi connectivity index (χ0) is 12.4. The van der Waals surface area contributed by atoms with Crippen molar-refractivity contribution in [2.45, 2.75) is 38.5 Å². The summed E-state index contributed by atoms with van der Waals surface area (Å²) in [6.07, 6.45) is 9.00. The number of rotatable bonds is 0. The summed E-state index contributed by atoms with van der Waals surface area (Å²) in [5.74, 6) is 0. The minimum atomic E-state index is 1.50. The molecule has 0 saturated heterocycles. The van der Waals surface area contributed by atoms with Crippen molar-refractivity contribution < 1.29 is 0 Å². The molecule has 84 valence electrons. The molecule has 0 aromatic carbocycles. The molecule has 0 atom stereocenters. The molecule has 0 spiro atoms. The van der Waals surface area contributed by atoms with Crippen molar-refractivity contribution in [3.63, 3.8) is 0 Å². The van der Waals surface area contributed by atoms with Gasteiger partial charge in [-0.25, -0.2) is 16.2 Å². The Morgan fingerprint density at radius 1 is 0.533 bits per heavy atom.